The summed E-state index contributed by atoms with van der Waals surface area (Å²) < 4.78 is 16.3. The molecule has 0 aromatic heterocycles. The SMILES string of the molecule is CCCC1(CC)OC[C@@H]([C@H]2OC(=O)C(=O)C2O)O1. The average molecular weight is 258 g/mol. The molecule has 2 heterocycles. The lowest BCUT2D eigenvalue weighted by Gasteiger charge is -2.27. The third-order valence-electron chi connectivity index (χ3n) is 3.44. The van der Waals surface area contributed by atoms with Gasteiger partial charge in [0, 0.05) is 6.42 Å². The highest BCUT2D eigenvalue weighted by Crippen LogP contribution is 2.35. The molecule has 0 bridgehead atoms. The fourth-order valence-electron chi connectivity index (χ4n) is 2.41. The second kappa shape index (κ2) is 4.95. The van der Waals surface area contributed by atoms with Gasteiger partial charge < -0.3 is 19.3 Å². The highest BCUT2D eigenvalue weighted by atomic mass is 16.8. The number of cyclic esters (lactones) is 1. The van der Waals surface area contributed by atoms with Crippen molar-refractivity contribution in [2.75, 3.05) is 6.61 Å². The maximum Gasteiger partial charge on any atom is 0.378 e. The maximum atomic E-state index is 11.2. The number of aliphatic hydroxyl groups is 1. The van der Waals surface area contributed by atoms with Crippen LogP contribution in [0, 0.1) is 0 Å². The molecule has 4 atom stereocenters. The molecule has 102 valence electrons. The molecule has 6 nitrogen and oxygen atoms in total. The van der Waals surface area contributed by atoms with E-state index in [9.17, 15) is 14.7 Å². The normalized spacial score (nSPS) is 40.3. The first-order chi connectivity index (χ1) is 8.53. The minimum atomic E-state index is -1.44. The van der Waals surface area contributed by atoms with Crippen molar-refractivity contribution in [2.24, 2.45) is 0 Å². The Morgan fingerprint density at radius 3 is 2.61 bits per heavy atom. The van der Waals surface area contributed by atoms with Crippen LogP contribution in [0.2, 0.25) is 0 Å². The second-order valence-corrected chi connectivity index (χ2v) is 4.66. The van der Waals surface area contributed by atoms with E-state index in [0.717, 1.165) is 12.8 Å². The van der Waals surface area contributed by atoms with Gasteiger partial charge in [0.05, 0.1) is 6.61 Å². The van der Waals surface area contributed by atoms with Crippen molar-refractivity contribution in [1.29, 1.82) is 0 Å². The Balaban J connectivity index is 2.05. The molecule has 1 N–H and O–H groups in total. The summed E-state index contributed by atoms with van der Waals surface area (Å²) in [5, 5.41) is 9.63. The smallest absolute Gasteiger partial charge is 0.378 e. The number of aliphatic hydroxyl groups excluding tert-OH is 1. The van der Waals surface area contributed by atoms with E-state index in [-0.39, 0.29) is 6.61 Å². The lowest BCUT2D eigenvalue weighted by Crippen LogP contribution is -2.40. The van der Waals surface area contributed by atoms with Gasteiger partial charge in [0.2, 0.25) is 0 Å². The lowest BCUT2D eigenvalue weighted by atomic mass is 10.1. The van der Waals surface area contributed by atoms with Crippen molar-refractivity contribution in [2.45, 2.75) is 57.2 Å². The third-order valence-corrected chi connectivity index (χ3v) is 3.44. The highest BCUT2D eigenvalue weighted by Gasteiger charge is 2.52. The zero-order valence-corrected chi connectivity index (χ0v) is 10.5. The lowest BCUT2D eigenvalue weighted by molar-refractivity contribution is -0.190. The van der Waals surface area contributed by atoms with E-state index in [4.69, 9.17) is 14.2 Å². The molecule has 2 aliphatic rings. The summed E-state index contributed by atoms with van der Waals surface area (Å²) >= 11 is 0. The molecule has 2 rings (SSSR count). The molecular formula is C12H18O6. The highest BCUT2D eigenvalue weighted by molar-refractivity contribution is 6.37. The Morgan fingerprint density at radius 2 is 2.11 bits per heavy atom. The maximum absolute atomic E-state index is 11.2. The fourth-order valence-corrected chi connectivity index (χ4v) is 2.41. The summed E-state index contributed by atoms with van der Waals surface area (Å²) in [4.78, 5) is 22.3. The number of rotatable bonds is 4. The molecule has 0 aromatic carbocycles. The first kappa shape index (κ1) is 13.5. The van der Waals surface area contributed by atoms with Crippen LogP contribution in [0.3, 0.4) is 0 Å². The Bertz CT molecular complexity index is 354. The van der Waals surface area contributed by atoms with Gasteiger partial charge in [-0.2, -0.15) is 0 Å². The molecule has 2 aliphatic heterocycles. The van der Waals surface area contributed by atoms with Gasteiger partial charge in [-0.15, -0.1) is 0 Å². The van der Waals surface area contributed by atoms with E-state index >= 15 is 0 Å². The monoisotopic (exact) mass is 258 g/mol. The summed E-state index contributed by atoms with van der Waals surface area (Å²) in [5.74, 6) is -2.59. The van der Waals surface area contributed by atoms with Gasteiger partial charge in [0.1, 0.15) is 6.10 Å². The van der Waals surface area contributed by atoms with E-state index in [2.05, 4.69) is 0 Å². The number of esters is 1. The Morgan fingerprint density at radius 1 is 1.39 bits per heavy atom. The molecular weight excluding hydrogens is 240 g/mol. The van der Waals surface area contributed by atoms with Gasteiger partial charge in [0.15, 0.2) is 18.0 Å². The predicted octanol–water partition coefficient (Wildman–Crippen LogP) is 0.164. The van der Waals surface area contributed by atoms with Gasteiger partial charge in [-0.25, -0.2) is 4.79 Å². The topological polar surface area (TPSA) is 82.1 Å². The molecule has 2 saturated heterocycles. The molecule has 0 radical (unpaired) electrons. The molecule has 0 aromatic rings. The summed E-state index contributed by atoms with van der Waals surface area (Å²) in [7, 11) is 0. The van der Waals surface area contributed by atoms with Gasteiger partial charge in [0.25, 0.3) is 5.78 Å². The van der Waals surface area contributed by atoms with Crippen LogP contribution in [-0.4, -0.2) is 47.6 Å². The summed E-state index contributed by atoms with van der Waals surface area (Å²) in [6.07, 6.45) is -0.684. The zero-order valence-electron chi connectivity index (χ0n) is 10.5. The minimum Gasteiger partial charge on any atom is -0.450 e. The van der Waals surface area contributed by atoms with Crippen molar-refractivity contribution < 1.29 is 28.9 Å². The summed E-state index contributed by atoms with van der Waals surface area (Å²) in [6.45, 7) is 4.18. The number of ketones is 1. The van der Waals surface area contributed by atoms with Gasteiger partial charge >= 0.3 is 5.97 Å². The van der Waals surface area contributed by atoms with Gasteiger partial charge in [-0.1, -0.05) is 20.3 Å². The van der Waals surface area contributed by atoms with Crippen LogP contribution in [0.25, 0.3) is 0 Å². The first-order valence-electron chi connectivity index (χ1n) is 6.27. The zero-order chi connectivity index (χ0) is 13.3. The van der Waals surface area contributed by atoms with Gasteiger partial charge in [-0.3, -0.25) is 4.79 Å². The summed E-state index contributed by atoms with van der Waals surface area (Å²) in [6, 6.07) is 0. The second-order valence-electron chi connectivity index (χ2n) is 4.66. The molecule has 0 amide bonds. The predicted molar refractivity (Wildman–Crippen MR) is 59.6 cm³/mol. The number of carbonyl (C=O) groups is 2. The molecule has 0 saturated carbocycles. The van der Waals surface area contributed by atoms with Crippen molar-refractivity contribution in [3.63, 3.8) is 0 Å². The molecule has 0 aliphatic carbocycles. The Labute approximate surface area is 105 Å². The van der Waals surface area contributed by atoms with E-state index in [0.29, 0.717) is 6.42 Å². The van der Waals surface area contributed by atoms with E-state index in [1.165, 1.54) is 0 Å². The number of hydrogen-bond acceptors (Lipinski definition) is 6. The van der Waals surface area contributed by atoms with Gasteiger partial charge in [-0.05, 0) is 6.42 Å². The van der Waals surface area contributed by atoms with Crippen LogP contribution >= 0.6 is 0 Å². The fraction of sp³-hybridized carbons (Fsp3) is 0.833. The molecule has 6 heteroatoms. The average Bonchev–Trinajstić information content (AvgIpc) is 2.88. The quantitative estimate of drug-likeness (QED) is 0.571. The molecule has 2 fully saturated rings. The van der Waals surface area contributed by atoms with Crippen molar-refractivity contribution >= 4 is 11.8 Å². The van der Waals surface area contributed by atoms with Crippen LogP contribution in [0.5, 0.6) is 0 Å². The largest absolute Gasteiger partial charge is 0.450 e. The van der Waals surface area contributed by atoms with E-state index in [1.807, 2.05) is 13.8 Å². The van der Waals surface area contributed by atoms with Crippen LogP contribution in [0.1, 0.15) is 33.1 Å². The Hall–Kier alpha value is -0.980. The number of carbonyl (C=O) groups excluding carboxylic acids is 2. The van der Waals surface area contributed by atoms with Crippen molar-refractivity contribution in [3.05, 3.63) is 0 Å². The number of ether oxygens (including phenoxy) is 3. The summed E-state index contributed by atoms with van der Waals surface area (Å²) in [5.41, 5.74) is 0. The Kier molecular flexibility index (Phi) is 3.70. The van der Waals surface area contributed by atoms with Crippen molar-refractivity contribution in [3.8, 4) is 0 Å². The van der Waals surface area contributed by atoms with Crippen LogP contribution in [0.15, 0.2) is 0 Å². The third kappa shape index (κ3) is 2.15. The molecule has 0 spiro atoms. The number of Topliss-reactive ketones (excluding diaryl/α,β-unsaturated/α-hetero) is 1. The first-order valence-corrected chi connectivity index (χ1v) is 6.27. The van der Waals surface area contributed by atoms with E-state index < -0.39 is 35.9 Å². The van der Waals surface area contributed by atoms with Crippen LogP contribution < -0.4 is 0 Å². The van der Waals surface area contributed by atoms with Crippen LogP contribution in [-0.2, 0) is 23.8 Å². The molecule has 18 heavy (non-hydrogen) atoms. The van der Waals surface area contributed by atoms with Crippen LogP contribution in [0.4, 0.5) is 0 Å². The van der Waals surface area contributed by atoms with Crippen molar-refractivity contribution in [1.82, 2.24) is 0 Å². The standard InChI is InChI=1S/C12H18O6/c1-3-5-12(4-2)16-6-7(18-12)10-8(13)9(14)11(15)17-10/h7-8,10,13H,3-6H2,1-2H3/t7-,8?,10+,12?/m0/s1. The van der Waals surface area contributed by atoms with E-state index in [1.54, 1.807) is 0 Å². The number of hydrogen-bond donors (Lipinski definition) is 1. The molecule has 2 unspecified atom stereocenters. The minimum absolute atomic E-state index is 0.218.